The molecule has 2 fully saturated rings. The van der Waals surface area contributed by atoms with Crippen LogP contribution in [0.4, 0.5) is 4.39 Å². The van der Waals surface area contributed by atoms with E-state index in [4.69, 9.17) is 0 Å². The highest BCUT2D eigenvalue weighted by molar-refractivity contribution is 5.82. The van der Waals surface area contributed by atoms with Crippen molar-refractivity contribution in [1.29, 1.82) is 0 Å². The molecule has 0 radical (unpaired) electrons. The number of nitrogens with one attached hydrogen (secondary N) is 1. The summed E-state index contributed by atoms with van der Waals surface area (Å²) in [5.41, 5.74) is 0. The summed E-state index contributed by atoms with van der Waals surface area (Å²) in [7, 11) is 0. The zero-order valence-corrected chi connectivity index (χ0v) is 7.95. The Morgan fingerprint density at radius 3 is 2.86 bits per heavy atom. The Morgan fingerprint density at radius 1 is 1.57 bits per heavy atom. The van der Waals surface area contributed by atoms with Crippen molar-refractivity contribution in [1.82, 2.24) is 10.2 Å². The number of aliphatic hydroxyl groups excluding tert-OH is 1. The number of nitrogens with zero attached hydrogens (tertiary/aromatic N) is 1. The molecule has 0 aromatic carbocycles. The molecule has 1 amide bonds. The summed E-state index contributed by atoms with van der Waals surface area (Å²) in [5.74, 6) is -0.0679. The molecule has 4 nitrogen and oxygen atoms in total. The van der Waals surface area contributed by atoms with Crippen LogP contribution in [0.2, 0.25) is 0 Å². The predicted octanol–water partition coefficient (Wildman–Crippen LogP) is -0.720. The molecule has 0 spiro atoms. The Labute approximate surface area is 82.1 Å². The highest BCUT2D eigenvalue weighted by Gasteiger charge is 2.34. The lowest BCUT2D eigenvalue weighted by molar-refractivity contribution is -0.132. The van der Waals surface area contributed by atoms with Gasteiger partial charge in [0.1, 0.15) is 6.17 Å². The first-order valence-electron chi connectivity index (χ1n) is 5.01. The van der Waals surface area contributed by atoms with Gasteiger partial charge in [-0.2, -0.15) is 0 Å². The molecule has 2 N–H and O–H groups in total. The van der Waals surface area contributed by atoms with Crippen LogP contribution in [-0.2, 0) is 4.79 Å². The van der Waals surface area contributed by atoms with E-state index in [9.17, 15) is 14.3 Å². The first-order valence-corrected chi connectivity index (χ1v) is 5.01. The molecule has 80 valence electrons. The molecule has 14 heavy (non-hydrogen) atoms. The fraction of sp³-hybridized carbons (Fsp3) is 0.889. The molecular formula is C9H15FN2O2. The Bertz CT molecular complexity index is 215. The maximum absolute atomic E-state index is 12.8. The van der Waals surface area contributed by atoms with E-state index in [0.717, 1.165) is 0 Å². The van der Waals surface area contributed by atoms with E-state index in [0.29, 0.717) is 19.5 Å². The third kappa shape index (κ3) is 1.88. The number of aliphatic hydroxyl groups is 1. The van der Waals surface area contributed by atoms with Crippen molar-refractivity contribution >= 4 is 5.91 Å². The van der Waals surface area contributed by atoms with Gasteiger partial charge in [-0.15, -0.1) is 0 Å². The number of carbonyl (C=O) groups excluding carboxylic acids is 1. The summed E-state index contributed by atoms with van der Waals surface area (Å²) in [4.78, 5) is 13.3. The van der Waals surface area contributed by atoms with E-state index in [-0.39, 0.29) is 24.9 Å². The van der Waals surface area contributed by atoms with Crippen LogP contribution in [0.25, 0.3) is 0 Å². The second-order valence-corrected chi connectivity index (χ2v) is 4.02. The summed E-state index contributed by atoms with van der Waals surface area (Å²) >= 11 is 0. The van der Waals surface area contributed by atoms with Crippen LogP contribution in [0.5, 0.6) is 0 Å². The van der Waals surface area contributed by atoms with Crippen molar-refractivity contribution in [3.05, 3.63) is 0 Å². The third-order valence-corrected chi connectivity index (χ3v) is 2.85. The molecule has 0 bridgehead atoms. The third-order valence-electron chi connectivity index (χ3n) is 2.85. The molecule has 3 atom stereocenters. The van der Waals surface area contributed by atoms with Crippen LogP contribution in [0.15, 0.2) is 0 Å². The van der Waals surface area contributed by atoms with Crippen LogP contribution in [0.1, 0.15) is 12.8 Å². The molecule has 5 heteroatoms. The average Bonchev–Trinajstić information content (AvgIpc) is 2.73. The fourth-order valence-electron chi connectivity index (χ4n) is 2.04. The number of likely N-dealkylation sites (tertiary alicyclic amines) is 1. The summed E-state index contributed by atoms with van der Waals surface area (Å²) in [6.07, 6.45) is -0.402. The lowest BCUT2D eigenvalue weighted by Crippen LogP contribution is -2.42. The van der Waals surface area contributed by atoms with Gasteiger partial charge in [0.15, 0.2) is 0 Å². The molecular weight excluding hydrogens is 187 g/mol. The first-order chi connectivity index (χ1) is 6.66. The second-order valence-electron chi connectivity index (χ2n) is 4.02. The summed E-state index contributed by atoms with van der Waals surface area (Å²) in [6, 6.07) is -0.379. The lowest BCUT2D eigenvalue weighted by atomic mass is 10.2. The van der Waals surface area contributed by atoms with Gasteiger partial charge in [-0.1, -0.05) is 0 Å². The second kappa shape index (κ2) is 3.82. The highest BCUT2D eigenvalue weighted by atomic mass is 19.1. The molecule has 0 saturated carbocycles. The largest absolute Gasteiger partial charge is 0.391 e. The maximum atomic E-state index is 12.8. The molecule has 0 aliphatic carbocycles. The molecule has 0 aromatic heterocycles. The minimum Gasteiger partial charge on any atom is -0.391 e. The number of rotatable bonds is 1. The standard InChI is InChI=1S/C9H15FN2O2/c10-6-3-8(11-4-6)9(14)12-2-1-7(13)5-12/h6-8,11,13H,1-5H2/t6-,7+,8+/m0/s1. The normalized spacial score (nSPS) is 37.9. The molecule has 0 unspecified atom stereocenters. The van der Waals surface area contributed by atoms with Crippen molar-refractivity contribution in [2.75, 3.05) is 19.6 Å². The first kappa shape index (κ1) is 9.86. The Morgan fingerprint density at radius 2 is 2.36 bits per heavy atom. The van der Waals surface area contributed by atoms with Gasteiger partial charge in [-0.3, -0.25) is 4.79 Å². The monoisotopic (exact) mass is 202 g/mol. The number of hydrogen-bond acceptors (Lipinski definition) is 3. The number of alkyl halides is 1. The lowest BCUT2D eigenvalue weighted by Gasteiger charge is -2.19. The van der Waals surface area contributed by atoms with Crippen molar-refractivity contribution in [2.24, 2.45) is 0 Å². The van der Waals surface area contributed by atoms with Gasteiger partial charge < -0.3 is 15.3 Å². The zero-order chi connectivity index (χ0) is 10.1. The average molecular weight is 202 g/mol. The molecule has 2 heterocycles. The molecule has 2 saturated heterocycles. The zero-order valence-electron chi connectivity index (χ0n) is 7.95. The number of β-amino-alcohol motifs (C(OH)–C–C–N with tert-alkyl or cyclic N) is 1. The van der Waals surface area contributed by atoms with Gasteiger partial charge in [0.05, 0.1) is 12.1 Å². The number of carbonyl (C=O) groups is 1. The van der Waals surface area contributed by atoms with E-state index in [2.05, 4.69) is 5.32 Å². The Balaban J connectivity index is 1.89. The highest BCUT2D eigenvalue weighted by Crippen LogP contribution is 2.16. The predicted molar refractivity (Wildman–Crippen MR) is 48.5 cm³/mol. The van der Waals surface area contributed by atoms with E-state index in [1.807, 2.05) is 0 Å². The van der Waals surface area contributed by atoms with Crippen molar-refractivity contribution < 1.29 is 14.3 Å². The van der Waals surface area contributed by atoms with Crippen LogP contribution in [-0.4, -0.2) is 53.9 Å². The van der Waals surface area contributed by atoms with Gasteiger partial charge in [0.2, 0.25) is 5.91 Å². The van der Waals surface area contributed by atoms with Gasteiger partial charge in [-0.05, 0) is 6.42 Å². The maximum Gasteiger partial charge on any atom is 0.239 e. The molecule has 2 aliphatic heterocycles. The summed E-state index contributed by atoms with van der Waals surface area (Å²) < 4.78 is 12.8. The fourth-order valence-corrected chi connectivity index (χ4v) is 2.04. The summed E-state index contributed by atoms with van der Waals surface area (Å²) in [6.45, 7) is 1.26. The molecule has 2 aliphatic rings. The van der Waals surface area contributed by atoms with Gasteiger partial charge in [-0.25, -0.2) is 4.39 Å². The Kier molecular flexibility index (Phi) is 2.69. The van der Waals surface area contributed by atoms with Crippen molar-refractivity contribution in [2.45, 2.75) is 31.2 Å². The van der Waals surface area contributed by atoms with E-state index < -0.39 is 12.3 Å². The minimum absolute atomic E-state index is 0.0679. The minimum atomic E-state index is -0.906. The van der Waals surface area contributed by atoms with Crippen LogP contribution in [0, 0.1) is 0 Å². The number of amides is 1. The number of halogens is 1. The van der Waals surface area contributed by atoms with Crippen molar-refractivity contribution in [3.63, 3.8) is 0 Å². The molecule has 2 rings (SSSR count). The van der Waals surface area contributed by atoms with E-state index >= 15 is 0 Å². The molecule has 0 aromatic rings. The van der Waals surface area contributed by atoms with E-state index in [1.54, 1.807) is 4.90 Å². The van der Waals surface area contributed by atoms with Crippen LogP contribution in [0.3, 0.4) is 0 Å². The van der Waals surface area contributed by atoms with Crippen molar-refractivity contribution in [3.8, 4) is 0 Å². The van der Waals surface area contributed by atoms with Crippen LogP contribution < -0.4 is 5.32 Å². The summed E-state index contributed by atoms with van der Waals surface area (Å²) in [5, 5.41) is 12.1. The quantitative estimate of drug-likeness (QED) is 0.590. The Hall–Kier alpha value is -0.680. The SMILES string of the molecule is O=C([C@H]1C[C@H](F)CN1)N1CC[C@@H](O)C1. The van der Waals surface area contributed by atoms with Gasteiger partial charge in [0, 0.05) is 26.1 Å². The van der Waals surface area contributed by atoms with Crippen LogP contribution >= 0.6 is 0 Å². The van der Waals surface area contributed by atoms with Gasteiger partial charge in [0.25, 0.3) is 0 Å². The number of hydrogen-bond donors (Lipinski definition) is 2. The van der Waals surface area contributed by atoms with Gasteiger partial charge >= 0.3 is 0 Å². The smallest absolute Gasteiger partial charge is 0.239 e. The topological polar surface area (TPSA) is 52.6 Å². The van der Waals surface area contributed by atoms with E-state index in [1.165, 1.54) is 0 Å².